The zero-order chi connectivity index (χ0) is 13.7. The normalized spacial score (nSPS) is 33.6. The highest BCUT2D eigenvalue weighted by molar-refractivity contribution is 5.73. The maximum absolute atomic E-state index is 11.1. The third-order valence-electron chi connectivity index (χ3n) is 5.21. The summed E-state index contributed by atoms with van der Waals surface area (Å²) in [5, 5.41) is 19.2. The summed E-state index contributed by atoms with van der Waals surface area (Å²) in [6, 6.07) is 0. The summed E-state index contributed by atoms with van der Waals surface area (Å²) in [6.45, 7) is 7.96. The van der Waals surface area contributed by atoms with E-state index in [1.807, 2.05) is 6.08 Å². The zero-order valence-electron chi connectivity index (χ0n) is 11.7. The van der Waals surface area contributed by atoms with Crippen LogP contribution in [-0.4, -0.2) is 22.3 Å². The van der Waals surface area contributed by atoms with Crippen LogP contribution in [0.2, 0.25) is 0 Å². The van der Waals surface area contributed by atoms with Crippen LogP contribution in [-0.2, 0) is 4.79 Å². The predicted molar refractivity (Wildman–Crippen MR) is 70.1 cm³/mol. The number of rotatable bonds is 4. The van der Waals surface area contributed by atoms with Crippen molar-refractivity contribution < 1.29 is 15.0 Å². The molecule has 3 aliphatic carbocycles. The highest BCUT2D eigenvalue weighted by Crippen LogP contribution is 2.60. The molecule has 0 aromatic carbocycles. The molecule has 2 bridgehead atoms. The Morgan fingerprint density at radius 2 is 2.11 bits per heavy atom. The van der Waals surface area contributed by atoms with Gasteiger partial charge in [0.05, 0.1) is 11.5 Å². The fourth-order valence-corrected chi connectivity index (χ4v) is 3.44. The van der Waals surface area contributed by atoms with Crippen molar-refractivity contribution in [1.29, 1.82) is 0 Å². The summed E-state index contributed by atoms with van der Waals surface area (Å²) < 4.78 is 0. The van der Waals surface area contributed by atoms with Gasteiger partial charge in [-0.3, -0.25) is 4.79 Å². The topological polar surface area (TPSA) is 57.5 Å². The third-order valence-corrected chi connectivity index (χ3v) is 5.21. The molecule has 0 aliphatic heterocycles. The zero-order valence-corrected chi connectivity index (χ0v) is 11.7. The molecule has 0 unspecified atom stereocenters. The van der Waals surface area contributed by atoms with Gasteiger partial charge in [0.15, 0.2) is 0 Å². The van der Waals surface area contributed by atoms with Crippen LogP contribution in [0, 0.1) is 22.7 Å². The summed E-state index contributed by atoms with van der Waals surface area (Å²) in [6.07, 6.45) is 4.12. The lowest BCUT2D eigenvalue weighted by Gasteiger charge is -2.58. The molecule has 0 radical (unpaired) electrons. The molecule has 2 N–H and O–H groups in total. The number of aliphatic hydroxyl groups excluding tert-OH is 1. The van der Waals surface area contributed by atoms with Gasteiger partial charge in [-0.25, -0.2) is 0 Å². The van der Waals surface area contributed by atoms with Crippen LogP contribution < -0.4 is 0 Å². The summed E-state index contributed by atoms with van der Waals surface area (Å²) in [7, 11) is 0. The van der Waals surface area contributed by atoms with E-state index in [-0.39, 0.29) is 11.5 Å². The first-order valence-corrected chi connectivity index (χ1v) is 6.78. The minimum Gasteiger partial charge on any atom is -0.481 e. The maximum atomic E-state index is 11.1. The van der Waals surface area contributed by atoms with Crippen LogP contribution in [0.3, 0.4) is 0 Å². The number of aliphatic hydroxyl groups is 1. The molecule has 3 rings (SSSR count). The van der Waals surface area contributed by atoms with Crippen molar-refractivity contribution in [1.82, 2.24) is 0 Å². The van der Waals surface area contributed by atoms with E-state index in [2.05, 4.69) is 13.8 Å². The Balaban J connectivity index is 2.05. The van der Waals surface area contributed by atoms with Crippen molar-refractivity contribution in [3.63, 3.8) is 0 Å². The molecule has 3 atom stereocenters. The summed E-state index contributed by atoms with van der Waals surface area (Å²) in [4.78, 5) is 11.1. The van der Waals surface area contributed by atoms with Crippen molar-refractivity contribution in [3.8, 4) is 0 Å². The third kappa shape index (κ3) is 1.99. The number of hydrogen-bond donors (Lipinski definition) is 2. The molecule has 0 amide bonds. The largest absolute Gasteiger partial charge is 0.481 e. The molecule has 0 heterocycles. The molecule has 1 saturated carbocycles. The fraction of sp³-hybridized carbons (Fsp3) is 0.800. The number of aliphatic carboxylic acids is 1. The first-order chi connectivity index (χ1) is 8.16. The quantitative estimate of drug-likeness (QED) is 0.756. The van der Waals surface area contributed by atoms with Crippen LogP contribution in [0.4, 0.5) is 0 Å². The molecule has 102 valence electrons. The molecule has 3 aliphatic rings. The lowest BCUT2D eigenvalue weighted by Crippen LogP contribution is -2.54. The first kappa shape index (κ1) is 13.6. The van der Waals surface area contributed by atoms with Gasteiger partial charge in [0.1, 0.15) is 0 Å². The van der Waals surface area contributed by atoms with Gasteiger partial charge in [0.2, 0.25) is 0 Å². The van der Waals surface area contributed by atoms with Gasteiger partial charge < -0.3 is 10.2 Å². The monoisotopic (exact) mass is 252 g/mol. The highest BCUT2D eigenvalue weighted by Gasteiger charge is 2.54. The molecule has 0 saturated heterocycles. The van der Waals surface area contributed by atoms with Crippen molar-refractivity contribution >= 4 is 5.97 Å². The molecule has 0 aromatic rings. The number of hydrogen-bond acceptors (Lipinski definition) is 2. The van der Waals surface area contributed by atoms with E-state index in [4.69, 9.17) is 5.11 Å². The van der Waals surface area contributed by atoms with Gasteiger partial charge in [-0.2, -0.15) is 0 Å². The minimum absolute atomic E-state index is 0.177. The molecule has 18 heavy (non-hydrogen) atoms. The van der Waals surface area contributed by atoms with Gasteiger partial charge in [0, 0.05) is 0 Å². The van der Waals surface area contributed by atoms with Crippen molar-refractivity contribution in [2.24, 2.45) is 22.7 Å². The van der Waals surface area contributed by atoms with Crippen LogP contribution in [0.1, 0.15) is 47.0 Å². The van der Waals surface area contributed by atoms with Crippen LogP contribution in [0.5, 0.6) is 0 Å². The lowest BCUT2D eigenvalue weighted by atomic mass is 9.47. The Bertz CT molecular complexity index is 393. The van der Waals surface area contributed by atoms with Gasteiger partial charge in [-0.15, -0.1) is 0 Å². The number of allylic oxidation sites excluding steroid dienone is 1. The Morgan fingerprint density at radius 3 is 2.56 bits per heavy atom. The second-order valence-corrected chi connectivity index (χ2v) is 7.14. The molecule has 3 nitrogen and oxygen atoms in total. The predicted octanol–water partition coefficient (Wildman–Crippen LogP) is 2.84. The van der Waals surface area contributed by atoms with Crippen LogP contribution in [0.25, 0.3) is 0 Å². The summed E-state index contributed by atoms with van der Waals surface area (Å²) in [5.41, 5.74) is 0.761. The van der Waals surface area contributed by atoms with Gasteiger partial charge in [-0.05, 0) is 50.4 Å². The van der Waals surface area contributed by atoms with Crippen LogP contribution in [0.15, 0.2) is 11.6 Å². The van der Waals surface area contributed by atoms with E-state index >= 15 is 0 Å². The highest BCUT2D eigenvalue weighted by atomic mass is 16.4. The average molecular weight is 252 g/mol. The number of fused-ring (bicyclic) bond motifs is 1. The van der Waals surface area contributed by atoms with Crippen molar-refractivity contribution in [3.05, 3.63) is 11.6 Å². The fourth-order valence-electron chi connectivity index (χ4n) is 3.44. The lowest BCUT2D eigenvalue weighted by molar-refractivity contribution is -0.147. The van der Waals surface area contributed by atoms with E-state index < -0.39 is 11.4 Å². The Labute approximate surface area is 109 Å². The Morgan fingerprint density at radius 1 is 1.50 bits per heavy atom. The van der Waals surface area contributed by atoms with Gasteiger partial charge >= 0.3 is 5.97 Å². The molecule has 0 spiro atoms. The average Bonchev–Trinajstić information content (AvgIpc) is 2.25. The van der Waals surface area contributed by atoms with E-state index in [1.165, 1.54) is 5.57 Å². The molecule has 3 heteroatoms. The van der Waals surface area contributed by atoms with E-state index in [0.29, 0.717) is 18.3 Å². The smallest absolute Gasteiger partial charge is 0.309 e. The first-order valence-electron chi connectivity index (χ1n) is 6.78. The second kappa shape index (κ2) is 4.09. The minimum atomic E-state index is -0.745. The Kier molecular flexibility index (Phi) is 3.09. The molecular formula is C15H24O3. The summed E-state index contributed by atoms with van der Waals surface area (Å²) >= 11 is 0. The SMILES string of the molecule is CC(C)(CCC1=C[C@@H](O)[C@@H]2C[C@H]1C2(C)C)C(=O)O. The van der Waals surface area contributed by atoms with Gasteiger partial charge in [0.25, 0.3) is 0 Å². The van der Waals surface area contributed by atoms with E-state index in [1.54, 1.807) is 13.8 Å². The van der Waals surface area contributed by atoms with E-state index in [9.17, 15) is 9.90 Å². The number of carbonyl (C=O) groups is 1. The second-order valence-electron chi connectivity index (χ2n) is 7.14. The maximum Gasteiger partial charge on any atom is 0.309 e. The summed E-state index contributed by atoms with van der Waals surface area (Å²) in [5.74, 6) is 0.180. The van der Waals surface area contributed by atoms with Crippen molar-refractivity contribution in [2.45, 2.75) is 53.1 Å². The van der Waals surface area contributed by atoms with Gasteiger partial charge in [-0.1, -0.05) is 25.5 Å². The number of carboxylic acids is 1. The van der Waals surface area contributed by atoms with E-state index in [0.717, 1.165) is 12.8 Å². The molecule has 0 aromatic heterocycles. The molecule has 1 fully saturated rings. The standard InChI is InChI=1S/C15H24O3/c1-14(2,13(17)18)6-5-9-7-12(16)11-8-10(9)15(11,3)4/h7,10-12,16H,5-6,8H2,1-4H3,(H,17,18)/t10-,11+,12-/m1/s1. The Hall–Kier alpha value is -0.830. The molecular weight excluding hydrogens is 228 g/mol. The van der Waals surface area contributed by atoms with Crippen LogP contribution >= 0.6 is 0 Å². The van der Waals surface area contributed by atoms with Crippen molar-refractivity contribution in [2.75, 3.05) is 0 Å². The number of carboxylic acid groups (broad SMARTS) is 1.